The molecule has 1 atom stereocenters. The van der Waals surface area contributed by atoms with E-state index in [0.717, 1.165) is 6.42 Å². The largest absolute Gasteiger partial charge is 0.382 e. The van der Waals surface area contributed by atoms with Crippen LogP contribution in [0.1, 0.15) is 30.0 Å². The van der Waals surface area contributed by atoms with E-state index in [9.17, 15) is 0 Å². The highest BCUT2D eigenvalue weighted by Gasteiger charge is 2.19. The Balaban J connectivity index is 1.74. The van der Waals surface area contributed by atoms with E-state index in [1.807, 2.05) is 0 Å². The predicted octanol–water partition coefficient (Wildman–Crippen LogP) is 4.15. The standard InChI is InChI=1S/C17H17N/c1-3-7-14(8-4-1)13-16-11-12-17(18-16)15-9-5-2-6-10-15/h1-10,13,17-18H,11-12H2/b16-13+. The molecule has 2 aromatic carbocycles. The number of rotatable bonds is 2. The van der Waals surface area contributed by atoms with E-state index in [0.29, 0.717) is 6.04 Å². The second kappa shape index (κ2) is 5.09. The van der Waals surface area contributed by atoms with Gasteiger partial charge in [0.25, 0.3) is 0 Å². The van der Waals surface area contributed by atoms with Gasteiger partial charge < -0.3 is 5.32 Å². The summed E-state index contributed by atoms with van der Waals surface area (Å²) in [4.78, 5) is 0. The molecule has 0 radical (unpaired) electrons. The van der Waals surface area contributed by atoms with Gasteiger partial charge in [0.05, 0.1) is 6.04 Å². The van der Waals surface area contributed by atoms with Crippen LogP contribution in [-0.2, 0) is 0 Å². The van der Waals surface area contributed by atoms with Crippen molar-refractivity contribution >= 4 is 6.08 Å². The van der Waals surface area contributed by atoms with Crippen LogP contribution in [0, 0.1) is 0 Å². The second-order valence-electron chi connectivity index (χ2n) is 4.73. The van der Waals surface area contributed by atoms with E-state index in [2.05, 4.69) is 72.1 Å². The number of hydrogen-bond acceptors (Lipinski definition) is 1. The molecular weight excluding hydrogens is 218 g/mol. The molecule has 0 amide bonds. The van der Waals surface area contributed by atoms with Gasteiger partial charge in [0.15, 0.2) is 0 Å². The van der Waals surface area contributed by atoms with E-state index in [4.69, 9.17) is 0 Å². The molecule has 0 spiro atoms. The molecule has 1 unspecified atom stereocenters. The summed E-state index contributed by atoms with van der Waals surface area (Å²) in [7, 11) is 0. The second-order valence-corrected chi connectivity index (χ2v) is 4.73. The van der Waals surface area contributed by atoms with Gasteiger partial charge in [-0.1, -0.05) is 60.7 Å². The Kier molecular flexibility index (Phi) is 3.14. The number of nitrogens with one attached hydrogen (secondary N) is 1. The van der Waals surface area contributed by atoms with Crippen molar-refractivity contribution in [2.24, 2.45) is 0 Å². The van der Waals surface area contributed by atoms with Crippen molar-refractivity contribution in [1.82, 2.24) is 5.32 Å². The molecule has 1 heteroatoms. The fourth-order valence-corrected chi connectivity index (χ4v) is 2.47. The minimum absolute atomic E-state index is 0.473. The molecule has 1 aliphatic heterocycles. The summed E-state index contributed by atoms with van der Waals surface area (Å²) in [6, 6.07) is 21.6. The molecule has 1 fully saturated rings. The zero-order valence-corrected chi connectivity index (χ0v) is 10.3. The van der Waals surface area contributed by atoms with Crippen molar-refractivity contribution < 1.29 is 0 Å². The molecule has 0 aromatic heterocycles. The average molecular weight is 235 g/mol. The Hall–Kier alpha value is -2.02. The highest BCUT2D eigenvalue weighted by atomic mass is 15.0. The summed E-state index contributed by atoms with van der Waals surface area (Å²) < 4.78 is 0. The van der Waals surface area contributed by atoms with Gasteiger partial charge in [-0.15, -0.1) is 0 Å². The van der Waals surface area contributed by atoms with Crippen molar-refractivity contribution in [1.29, 1.82) is 0 Å². The van der Waals surface area contributed by atoms with E-state index in [1.165, 1.54) is 23.2 Å². The first kappa shape index (κ1) is 11.1. The summed E-state index contributed by atoms with van der Waals surface area (Å²) in [6.45, 7) is 0. The lowest BCUT2D eigenvalue weighted by molar-refractivity contribution is 0.664. The van der Waals surface area contributed by atoms with Crippen LogP contribution in [0.3, 0.4) is 0 Å². The maximum atomic E-state index is 3.62. The monoisotopic (exact) mass is 235 g/mol. The van der Waals surface area contributed by atoms with Crippen LogP contribution < -0.4 is 5.32 Å². The fourth-order valence-electron chi connectivity index (χ4n) is 2.47. The van der Waals surface area contributed by atoms with Crippen LogP contribution in [0.2, 0.25) is 0 Å². The highest BCUT2D eigenvalue weighted by molar-refractivity contribution is 5.53. The molecule has 0 aliphatic carbocycles. The lowest BCUT2D eigenvalue weighted by Gasteiger charge is -2.11. The Morgan fingerprint density at radius 3 is 2.28 bits per heavy atom. The minimum Gasteiger partial charge on any atom is -0.382 e. The van der Waals surface area contributed by atoms with Gasteiger partial charge in [-0.25, -0.2) is 0 Å². The lowest BCUT2D eigenvalue weighted by Crippen LogP contribution is -2.11. The molecular formula is C17H17N. The van der Waals surface area contributed by atoms with E-state index in [-0.39, 0.29) is 0 Å². The Morgan fingerprint density at radius 2 is 1.56 bits per heavy atom. The normalized spacial score (nSPS) is 20.9. The molecule has 18 heavy (non-hydrogen) atoms. The average Bonchev–Trinajstić information content (AvgIpc) is 2.89. The van der Waals surface area contributed by atoms with Crippen molar-refractivity contribution in [3.8, 4) is 0 Å². The van der Waals surface area contributed by atoms with E-state index < -0.39 is 0 Å². The van der Waals surface area contributed by atoms with Crippen LogP contribution in [-0.4, -0.2) is 0 Å². The van der Waals surface area contributed by atoms with E-state index >= 15 is 0 Å². The molecule has 2 aromatic rings. The molecule has 90 valence electrons. The molecule has 1 N–H and O–H groups in total. The van der Waals surface area contributed by atoms with Crippen molar-refractivity contribution in [3.05, 3.63) is 77.5 Å². The molecule has 1 aliphatic rings. The Labute approximate surface area is 108 Å². The summed E-state index contributed by atoms with van der Waals surface area (Å²) >= 11 is 0. The quantitative estimate of drug-likeness (QED) is 0.824. The number of hydrogen-bond donors (Lipinski definition) is 1. The maximum absolute atomic E-state index is 3.62. The third kappa shape index (κ3) is 2.45. The van der Waals surface area contributed by atoms with Crippen LogP contribution >= 0.6 is 0 Å². The van der Waals surface area contributed by atoms with Crippen LogP contribution in [0.4, 0.5) is 0 Å². The zero-order chi connectivity index (χ0) is 12.2. The van der Waals surface area contributed by atoms with E-state index in [1.54, 1.807) is 0 Å². The van der Waals surface area contributed by atoms with Gasteiger partial charge in [-0.3, -0.25) is 0 Å². The van der Waals surface area contributed by atoms with Crippen LogP contribution in [0.5, 0.6) is 0 Å². The van der Waals surface area contributed by atoms with Gasteiger partial charge >= 0.3 is 0 Å². The molecule has 3 rings (SSSR count). The Bertz CT molecular complexity index is 528. The summed E-state index contributed by atoms with van der Waals surface area (Å²) in [5.74, 6) is 0. The van der Waals surface area contributed by atoms with Gasteiger partial charge in [0, 0.05) is 5.70 Å². The first-order chi connectivity index (χ1) is 8.92. The van der Waals surface area contributed by atoms with Crippen LogP contribution in [0.25, 0.3) is 6.08 Å². The maximum Gasteiger partial charge on any atom is 0.0514 e. The topological polar surface area (TPSA) is 12.0 Å². The highest BCUT2D eigenvalue weighted by Crippen LogP contribution is 2.29. The lowest BCUT2D eigenvalue weighted by atomic mass is 10.1. The molecule has 1 saturated heterocycles. The molecule has 1 heterocycles. The molecule has 1 nitrogen and oxygen atoms in total. The number of allylic oxidation sites excluding steroid dienone is 1. The first-order valence-corrected chi connectivity index (χ1v) is 6.49. The third-order valence-corrected chi connectivity index (χ3v) is 3.40. The van der Waals surface area contributed by atoms with Gasteiger partial charge in [0.2, 0.25) is 0 Å². The molecule has 0 saturated carbocycles. The summed E-state index contributed by atoms with van der Waals surface area (Å²) in [6.07, 6.45) is 4.57. The minimum atomic E-state index is 0.473. The van der Waals surface area contributed by atoms with Gasteiger partial charge in [-0.05, 0) is 30.0 Å². The van der Waals surface area contributed by atoms with Gasteiger partial charge in [0.1, 0.15) is 0 Å². The third-order valence-electron chi connectivity index (χ3n) is 3.40. The summed E-state index contributed by atoms with van der Waals surface area (Å²) in [5, 5.41) is 3.62. The smallest absolute Gasteiger partial charge is 0.0514 e. The van der Waals surface area contributed by atoms with Crippen molar-refractivity contribution in [2.45, 2.75) is 18.9 Å². The number of benzene rings is 2. The van der Waals surface area contributed by atoms with Gasteiger partial charge in [-0.2, -0.15) is 0 Å². The first-order valence-electron chi connectivity index (χ1n) is 6.49. The van der Waals surface area contributed by atoms with Crippen LogP contribution in [0.15, 0.2) is 66.4 Å². The fraction of sp³-hybridized carbons (Fsp3) is 0.176. The summed E-state index contributed by atoms with van der Waals surface area (Å²) in [5.41, 5.74) is 4.00. The Morgan fingerprint density at radius 1 is 0.889 bits per heavy atom. The SMILES string of the molecule is C(=C1/CCC(c2ccccc2)N1)/c1ccccc1. The molecule has 0 bridgehead atoms. The van der Waals surface area contributed by atoms with Crippen molar-refractivity contribution in [3.63, 3.8) is 0 Å². The van der Waals surface area contributed by atoms with Crippen molar-refractivity contribution in [2.75, 3.05) is 0 Å². The predicted molar refractivity (Wildman–Crippen MR) is 76.0 cm³/mol. The zero-order valence-electron chi connectivity index (χ0n) is 10.3.